The molecular weight excluding hydrogens is 114 g/mol. The van der Waals surface area contributed by atoms with Crippen molar-refractivity contribution in [3.63, 3.8) is 0 Å². The highest BCUT2D eigenvalue weighted by molar-refractivity contribution is 4.97. The summed E-state index contributed by atoms with van der Waals surface area (Å²) in [6, 6.07) is 3.04. The molecule has 0 aliphatic carbocycles. The lowest BCUT2D eigenvalue weighted by Crippen LogP contribution is -2.31. The average molecular weight is 125 g/mol. The van der Waals surface area contributed by atoms with Gasteiger partial charge in [-0.25, -0.2) is 0 Å². The van der Waals surface area contributed by atoms with Gasteiger partial charge >= 0.3 is 0 Å². The van der Waals surface area contributed by atoms with Crippen LogP contribution in [0.2, 0.25) is 0 Å². The SMILES string of the molecule is CNC(CC#N)C1CN1. The normalized spacial score (nSPS) is 26.9. The van der Waals surface area contributed by atoms with Gasteiger partial charge in [-0.15, -0.1) is 0 Å². The molecule has 0 radical (unpaired) electrons. The van der Waals surface area contributed by atoms with Gasteiger partial charge in [-0.2, -0.15) is 5.26 Å². The van der Waals surface area contributed by atoms with Crippen molar-refractivity contribution in [1.29, 1.82) is 5.26 Å². The molecule has 50 valence electrons. The molecule has 1 aliphatic heterocycles. The van der Waals surface area contributed by atoms with E-state index in [-0.39, 0.29) is 0 Å². The predicted molar refractivity (Wildman–Crippen MR) is 34.9 cm³/mol. The first-order valence-corrected chi connectivity index (χ1v) is 3.16. The van der Waals surface area contributed by atoms with Crippen molar-refractivity contribution in [3.05, 3.63) is 0 Å². The van der Waals surface area contributed by atoms with Crippen molar-refractivity contribution < 1.29 is 0 Å². The first-order chi connectivity index (χ1) is 4.38. The molecule has 1 saturated heterocycles. The minimum Gasteiger partial charge on any atom is -0.314 e. The maximum Gasteiger partial charge on any atom is 0.0638 e. The van der Waals surface area contributed by atoms with Crippen molar-refractivity contribution >= 4 is 0 Å². The smallest absolute Gasteiger partial charge is 0.0638 e. The van der Waals surface area contributed by atoms with Crippen LogP contribution in [0.5, 0.6) is 0 Å². The van der Waals surface area contributed by atoms with E-state index in [4.69, 9.17) is 5.26 Å². The topological polar surface area (TPSA) is 57.8 Å². The third-order valence-electron chi connectivity index (χ3n) is 1.61. The fourth-order valence-electron chi connectivity index (χ4n) is 0.896. The third kappa shape index (κ3) is 1.67. The molecule has 0 aromatic carbocycles. The third-order valence-corrected chi connectivity index (χ3v) is 1.61. The Labute approximate surface area is 55.1 Å². The maximum absolute atomic E-state index is 8.33. The largest absolute Gasteiger partial charge is 0.314 e. The fourth-order valence-corrected chi connectivity index (χ4v) is 0.896. The van der Waals surface area contributed by atoms with E-state index in [1.807, 2.05) is 7.05 Å². The number of hydrogen-bond donors (Lipinski definition) is 2. The van der Waals surface area contributed by atoms with Crippen LogP contribution in [-0.4, -0.2) is 25.7 Å². The van der Waals surface area contributed by atoms with Crippen molar-refractivity contribution in [2.45, 2.75) is 18.5 Å². The molecule has 1 fully saturated rings. The van der Waals surface area contributed by atoms with Crippen LogP contribution < -0.4 is 10.6 Å². The lowest BCUT2D eigenvalue weighted by Gasteiger charge is -2.07. The maximum atomic E-state index is 8.33. The summed E-state index contributed by atoms with van der Waals surface area (Å²) in [7, 11) is 1.89. The summed E-state index contributed by atoms with van der Waals surface area (Å²) in [6.45, 7) is 1.06. The van der Waals surface area contributed by atoms with Crippen LogP contribution in [0.25, 0.3) is 0 Å². The average Bonchev–Trinajstić information content (AvgIpc) is 2.64. The molecule has 2 N–H and O–H groups in total. The van der Waals surface area contributed by atoms with Gasteiger partial charge in [0.05, 0.1) is 12.5 Å². The Morgan fingerprint density at radius 3 is 3.00 bits per heavy atom. The molecule has 0 saturated carbocycles. The molecule has 9 heavy (non-hydrogen) atoms. The van der Waals surface area contributed by atoms with Gasteiger partial charge < -0.3 is 10.6 Å². The summed E-state index contributed by atoms with van der Waals surface area (Å²) >= 11 is 0. The van der Waals surface area contributed by atoms with Gasteiger partial charge in [0.2, 0.25) is 0 Å². The molecule has 0 aromatic rings. The van der Waals surface area contributed by atoms with Crippen LogP contribution >= 0.6 is 0 Å². The fraction of sp³-hybridized carbons (Fsp3) is 0.833. The van der Waals surface area contributed by atoms with E-state index in [2.05, 4.69) is 16.7 Å². The lowest BCUT2D eigenvalue weighted by molar-refractivity contribution is 0.562. The van der Waals surface area contributed by atoms with E-state index in [0.717, 1.165) is 6.54 Å². The van der Waals surface area contributed by atoms with Gasteiger partial charge in [0.15, 0.2) is 0 Å². The van der Waals surface area contributed by atoms with E-state index in [9.17, 15) is 0 Å². The summed E-state index contributed by atoms with van der Waals surface area (Å²) in [5, 5.41) is 14.6. The highest BCUT2D eigenvalue weighted by Crippen LogP contribution is 2.05. The van der Waals surface area contributed by atoms with Crippen molar-refractivity contribution in [3.8, 4) is 6.07 Å². The monoisotopic (exact) mass is 125 g/mol. The lowest BCUT2D eigenvalue weighted by atomic mass is 10.1. The van der Waals surface area contributed by atoms with E-state index in [1.54, 1.807) is 0 Å². The summed E-state index contributed by atoms with van der Waals surface area (Å²) < 4.78 is 0. The second-order valence-electron chi connectivity index (χ2n) is 2.27. The minimum absolute atomic E-state index is 0.356. The van der Waals surface area contributed by atoms with Crippen molar-refractivity contribution in [2.24, 2.45) is 0 Å². The molecular formula is C6H11N3. The van der Waals surface area contributed by atoms with Gasteiger partial charge in [-0.1, -0.05) is 0 Å². The molecule has 3 heteroatoms. The molecule has 1 aliphatic rings. The van der Waals surface area contributed by atoms with Crippen molar-refractivity contribution in [1.82, 2.24) is 10.6 Å². The summed E-state index contributed by atoms with van der Waals surface area (Å²) in [5.74, 6) is 0. The first kappa shape index (κ1) is 6.53. The zero-order valence-electron chi connectivity index (χ0n) is 5.52. The molecule has 0 amide bonds. The van der Waals surface area contributed by atoms with Gasteiger partial charge in [0, 0.05) is 18.6 Å². The number of nitrogens with zero attached hydrogens (tertiary/aromatic N) is 1. The number of hydrogen-bond acceptors (Lipinski definition) is 3. The Morgan fingerprint density at radius 2 is 2.67 bits per heavy atom. The number of likely N-dealkylation sites (N-methyl/N-ethyl adjacent to an activating group) is 1. The Bertz CT molecular complexity index is 123. The van der Waals surface area contributed by atoms with Crippen LogP contribution in [0.4, 0.5) is 0 Å². The van der Waals surface area contributed by atoms with Crippen LogP contribution in [0.3, 0.4) is 0 Å². The summed E-state index contributed by atoms with van der Waals surface area (Å²) in [4.78, 5) is 0. The van der Waals surface area contributed by atoms with Gasteiger partial charge in [0.1, 0.15) is 0 Å². The van der Waals surface area contributed by atoms with E-state index < -0.39 is 0 Å². The summed E-state index contributed by atoms with van der Waals surface area (Å²) in [5.41, 5.74) is 0. The first-order valence-electron chi connectivity index (χ1n) is 3.16. The van der Waals surface area contributed by atoms with E-state index >= 15 is 0 Å². The van der Waals surface area contributed by atoms with Crippen molar-refractivity contribution in [2.75, 3.05) is 13.6 Å². The van der Waals surface area contributed by atoms with Gasteiger partial charge in [-0.05, 0) is 7.05 Å². The Hall–Kier alpha value is -0.590. The highest BCUT2D eigenvalue weighted by Gasteiger charge is 2.28. The standard InChI is InChI=1S/C6H11N3/c1-8-5(2-3-7)6-4-9-6/h5-6,8-9H,2,4H2,1H3. The van der Waals surface area contributed by atoms with Gasteiger partial charge in [-0.3, -0.25) is 0 Å². The second kappa shape index (κ2) is 2.81. The van der Waals surface area contributed by atoms with Crippen LogP contribution in [0.1, 0.15) is 6.42 Å². The molecule has 1 heterocycles. The quantitative estimate of drug-likeness (QED) is 0.498. The predicted octanol–water partition coefficient (Wildman–Crippen LogP) is -0.540. The van der Waals surface area contributed by atoms with Crippen LogP contribution in [0, 0.1) is 11.3 Å². The second-order valence-corrected chi connectivity index (χ2v) is 2.27. The van der Waals surface area contributed by atoms with Crippen LogP contribution in [0.15, 0.2) is 0 Å². The zero-order valence-corrected chi connectivity index (χ0v) is 5.52. The van der Waals surface area contributed by atoms with Crippen LogP contribution in [-0.2, 0) is 0 Å². The molecule has 0 aromatic heterocycles. The van der Waals surface area contributed by atoms with Gasteiger partial charge in [0.25, 0.3) is 0 Å². The highest BCUT2D eigenvalue weighted by atomic mass is 15.1. The molecule has 0 spiro atoms. The number of rotatable bonds is 3. The molecule has 0 bridgehead atoms. The number of nitriles is 1. The number of nitrogens with one attached hydrogen (secondary N) is 2. The molecule has 1 rings (SSSR count). The minimum atomic E-state index is 0.356. The van der Waals surface area contributed by atoms with E-state index in [1.165, 1.54) is 0 Å². The molecule has 3 nitrogen and oxygen atoms in total. The molecule has 2 atom stereocenters. The van der Waals surface area contributed by atoms with E-state index in [0.29, 0.717) is 18.5 Å². The molecule has 2 unspecified atom stereocenters. The Kier molecular flexibility index (Phi) is 2.04. The Morgan fingerprint density at radius 1 is 2.00 bits per heavy atom. The zero-order chi connectivity index (χ0) is 6.69. The summed E-state index contributed by atoms with van der Waals surface area (Å²) in [6.07, 6.45) is 0.605. The Balaban J connectivity index is 2.22.